The number of esters is 3. The van der Waals surface area contributed by atoms with Crippen LogP contribution in [0.5, 0.6) is 0 Å². The Kier molecular flexibility index (Phi) is 6.07. The van der Waals surface area contributed by atoms with Crippen molar-refractivity contribution in [1.82, 2.24) is 0 Å². The number of alkyl halides is 3. The van der Waals surface area contributed by atoms with E-state index in [4.69, 9.17) is 14.2 Å². The zero-order chi connectivity index (χ0) is 27.0. The van der Waals surface area contributed by atoms with Gasteiger partial charge in [-0.15, -0.1) is 0 Å². The van der Waals surface area contributed by atoms with Crippen LogP contribution in [-0.4, -0.2) is 48.7 Å². The molecule has 0 aromatic rings. The number of carbonyl (C=O) groups is 4. The van der Waals surface area contributed by atoms with Crippen LogP contribution in [0.2, 0.25) is 0 Å². The number of ether oxygens (including phenoxy) is 3. The van der Waals surface area contributed by atoms with Crippen molar-refractivity contribution in [1.29, 1.82) is 0 Å². The third kappa shape index (κ3) is 3.92. The highest BCUT2D eigenvalue weighted by Gasteiger charge is 2.71. The summed E-state index contributed by atoms with van der Waals surface area (Å²) in [4.78, 5) is 49.4. The van der Waals surface area contributed by atoms with Gasteiger partial charge in [-0.1, -0.05) is 19.4 Å². The number of methoxy groups -OCH3 is 1. The molecule has 3 unspecified atom stereocenters. The summed E-state index contributed by atoms with van der Waals surface area (Å²) in [6, 6.07) is 0. The molecule has 0 aromatic carbocycles. The summed E-state index contributed by atoms with van der Waals surface area (Å²) in [6.45, 7) is 3.90. The van der Waals surface area contributed by atoms with Gasteiger partial charge in [0.15, 0.2) is 5.78 Å². The highest BCUT2D eigenvalue weighted by atomic mass is 19.4. The van der Waals surface area contributed by atoms with Gasteiger partial charge in [0.25, 0.3) is 0 Å². The zero-order valence-electron chi connectivity index (χ0n) is 21.3. The summed E-state index contributed by atoms with van der Waals surface area (Å²) in [5, 5.41) is 0. The number of rotatable bonds is 3. The predicted molar refractivity (Wildman–Crippen MR) is 122 cm³/mol. The van der Waals surface area contributed by atoms with Crippen LogP contribution in [0.4, 0.5) is 13.2 Å². The zero-order valence-corrected chi connectivity index (χ0v) is 21.3. The van der Waals surface area contributed by atoms with Crippen molar-refractivity contribution in [3.8, 4) is 0 Å². The van der Waals surface area contributed by atoms with Crippen molar-refractivity contribution in [3.05, 3.63) is 11.6 Å². The second-order valence-electron chi connectivity index (χ2n) is 12.1. The lowest BCUT2D eigenvalue weighted by Gasteiger charge is -2.63. The lowest BCUT2D eigenvalue weighted by molar-refractivity contribution is -0.231. The first-order chi connectivity index (χ1) is 17.2. The van der Waals surface area contributed by atoms with Gasteiger partial charge in [0.2, 0.25) is 0 Å². The molecule has 1 spiro atoms. The van der Waals surface area contributed by atoms with Crippen molar-refractivity contribution in [3.63, 3.8) is 0 Å². The van der Waals surface area contributed by atoms with Crippen LogP contribution >= 0.6 is 0 Å². The lowest BCUT2D eigenvalue weighted by Crippen LogP contribution is -2.62. The van der Waals surface area contributed by atoms with Crippen LogP contribution in [0.15, 0.2) is 11.6 Å². The molecule has 0 radical (unpaired) electrons. The third-order valence-corrected chi connectivity index (χ3v) is 10.5. The standard InChI is InChI=1S/C27H33F3O7/c1-24-7-4-16(31)12-15(24)10-14(11-20(33)35-3)21-17-5-8-26(9-6-19(32)37-26)25(17,2)13-18(22(21)24)36-23(34)27(28,29)30/h12,14,17-18,21-22H,4-11,13H2,1-3H3/t14-,17?,18+,21?,22?,24-,25-,26+/m0/s1. The summed E-state index contributed by atoms with van der Waals surface area (Å²) in [5.41, 5.74) is -1.42. The molecule has 1 saturated heterocycles. The first-order valence-electron chi connectivity index (χ1n) is 13.0. The second-order valence-corrected chi connectivity index (χ2v) is 12.1. The largest absolute Gasteiger partial charge is 0.490 e. The van der Waals surface area contributed by atoms with Crippen LogP contribution in [-0.2, 0) is 33.4 Å². The molecule has 10 heteroatoms. The van der Waals surface area contributed by atoms with Gasteiger partial charge in [-0.25, -0.2) is 4.79 Å². The van der Waals surface area contributed by atoms with Gasteiger partial charge in [0.05, 0.1) is 7.11 Å². The Morgan fingerprint density at radius 3 is 2.49 bits per heavy atom. The van der Waals surface area contributed by atoms with Crippen molar-refractivity contribution in [2.45, 2.75) is 89.5 Å². The minimum absolute atomic E-state index is 0.0403. The molecule has 7 nitrogen and oxygen atoms in total. The average molecular weight is 527 g/mol. The Hall–Kier alpha value is -2.39. The van der Waals surface area contributed by atoms with Gasteiger partial charge in [-0.2, -0.15) is 13.2 Å². The summed E-state index contributed by atoms with van der Waals surface area (Å²) >= 11 is 0. The van der Waals surface area contributed by atoms with Crippen LogP contribution < -0.4 is 0 Å². The number of carbonyl (C=O) groups excluding carboxylic acids is 4. The van der Waals surface area contributed by atoms with Gasteiger partial charge >= 0.3 is 24.1 Å². The van der Waals surface area contributed by atoms with E-state index in [9.17, 15) is 32.3 Å². The molecular formula is C27H33F3O7. The normalized spacial score (nSPS) is 42.9. The number of ketones is 1. The van der Waals surface area contributed by atoms with E-state index in [1.165, 1.54) is 7.11 Å². The number of hydrogen-bond donors (Lipinski definition) is 0. The molecule has 5 rings (SSSR count). The molecular weight excluding hydrogens is 493 g/mol. The van der Waals surface area contributed by atoms with Crippen LogP contribution in [0, 0.1) is 34.5 Å². The SMILES string of the molecule is COC(=O)C[C@@H]1CC2=CC(=O)CC[C@]2(C)C2C1C1CC[C@@]3(CCC(=O)O3)[C@@]1(C)C[C@H]2OC(=O)C(F)(F)F. The minimum Gasteiger partial charge on any atom is -0.469 e. The van der Waals surface area contributed by atoms with E-state index in [1.54, 1.807) is 6.08 Å². The molecule has 4 fully saturated rings. The summed E-state index contributed by atoms with van der Waals surface area (Å²) in [5.74, 6) is -4.24. The van der Waals surface area contributed by atoms with E-state index in [0.29, 0.717) is 32.1 Å². The first kappa shape index (κ1) is 26.2. The fourth-order valence-electron chi connectivity index (χ4n) is 8.88. The highest BCUT2D eigenvalue weighted by Crippen LogP contribution is 2.71. The molecule has 0 aromatic heterocycles. The summed E-state index contributed by atoms with van der Waals surface area (Å²) in [6.07, 6.45) is -1.43. The molecule has 37 heavy (non-hydrogen) atoms. The second kappa shape index (κ2) is 8.56. The molecule has 0 bridgehead atoms. The van der Waals surface area contributed by atoms with Gasteiger partial charge < -0.3 is 14.2 Å². The third-order valence-electron chi connectivity index (χ3n) is 10.5. The molecule has 8 atom stereocenters. The smallest absolute Gasteiger partial charge is 0.469 e. The van der Waals surface area contributed by atoms with Crippen LogP contribution in [0.3, 0.4) is 0 Å². The summed E-state index contributed by atoms with van der Waals surface area (Å²) < 4.78 is 56.6. The van der Waals surface area contributed by atoms with Crippen molar-refractivity contribution < 1.29 is 46.6 Å². The van der Waals surface area contributed by atoms with Crippen LogP contribution in [0.1, 0.15) is 71.6 Å². The van der Waals surface area contributed by atoms with E-state index >= 15 is 0 Å². The van der Waals surface area contributed by atoms with Crippen molar-refractivity contribution in [2.75, 3.05) is 7.11 Å². The fourth-order valence-corrected chi connectivity index (χ4v) is 8.88. The predicted octanol–water partition coefficient (Wildman–Crippen LogP) is 4.47. The van der Waals surface area contributed by atoms with Gasteiger partial charge in [0.1, 0.15) is 11.7 Å². The Labute approximate surface area is 213 Å². The molecule has 5 aliphatic rings. The van der Waals surface area contributed by atoms with Crippen molar-refractivity contribution in [2.24, 2.45) is 34.5 Å². The number of fused-ring (bicyclic) bond motifs is 6. The van der Waals surface area contributed by atoms with Gasteiger partial charge in [-0.3, -0.25) is 14.4 Å². The molecule has 0 amide bonds. The Morgan fingerprint density at radius 2 is 1.86 bits per heavy atom. The van der Waals surface area contributed by atoms with E-state index in [2.05, 4.69) is 0 Å². The summed E-state index contributed by atoms with van der Waals surface area (Å²) in [7, 11) is 1.29. The number of allylic oxidation sites excluding steroid dienone is 1. The van der Waals surface area contributed by atoms with Gasteiger partial charge in [-0.05, 0) is 67.8 Å². The maximum absolute atomic E-state index is 13.5. The molecule has 1 aliphatic heterocycles. The van der Waals surface area contributed by atoms with E-state index in [0.717, 1.165) is 5.57 Å². The van der Waals surface area contributed by atoms with E-state index in [-0.39, 0.29) is 55.2 Å². The monoisotopic (exact) mass is 526 g/mol. The molecule has 3 saturated carbocycles. The Morgan fingerprint density at radius 1 is 1.14 bits per heavy atom. The first-order valence-corrected chi connectivity index (χ1v) is 13.0. The quantitative estimate of drug-likeness (QED) is 0.396. The molecule has 1 heterocycles. The topological polar surface area (TPSA) is 96.0 Å². The number of halogens is 3. The Balaban J connectivity index is 1.65. The van der Waals surface area contributed by atoms with Gasteiger partial charge in [0, 0.05) is 30.6 Å². The van der Waals surface area contributed by atoms with Crippen LogP contribution in [0.25, 0.3) is 0 Å². The van der Waals surface area contributed by atoms with E-state index in [1.807, 2.05) is 13.8 Å². The lowest BCUT2D eigenvalue weighted by atomic mass is 9.43. The molecule has 0 N–H and O–H groups in total. The maximum Gasteiger partial charge on any atom is 0.490 e. The highest BCUT2D eigenvalue weighted by molar-refractivity contribution is 5.91. The van der Waals surface area contributed by atoms with E-state index < -0.39 is 46.6 Å². The van der Waals surface area contributed by atoms with Crippen molar-refractivity contribution >= 4 is 23.7 Å². The Bertz CT molecular complexity index is 1070. The molecule has 4 aliphatic carbocycles. The minimum atomic E-state index is -5.16. The average Bonchev–Trinajstić information content (AvgIpc) is 3.33. The molecule has 204 valence electrons. The maximum atomic E-state index is 13.5. The fraction of sp³-hybridized carbons (Fsp3) is 0.778. The number of hydrogen-bond acceptors (Lipinski definition) is 7.